The molecule has 0 radical (unpaired) electrons. The van der Waals surface area contributed by atoms with E-state index in [1.807, 2.05) is 19.9 Å². The molecule has 0 bridgehead atoms. The van der Waals surface area contributed by atoms with Crippen LogP contribution in [0.1, 0.15) is 17.1 Å². The van der Waals surface area contributed by atoms with Crippen molar-refractivity contribution in [1.29, 1.82) is 0 Å². The van der Waals surface area contributed by atoms with Crippen LogP contribution < -0.4 is 5.32 Å². The lowest BCUT2D eigenvalue weighted by molar-refractivity contribution is 0.388. The molecule has 0 amide bonds. The second-order valence-electron chi connectivity index (χ2n) is 3.26. The van der Waals surface area contributed by atoms with Crippen LogP contribution in [0.2, 0.25) is 0 Å². The van der Waals surface area contributed by atoms with Gasteiger partial charge in [0.05, 0.1) is 30.3 Å². The van der Waals surface area contributed by atoms with E-state index in [2.05, 4.69) is 20.4 Å². The van der Waals surface area contributed by atoms with Gasteiger partial charge >= 0.3 is 0 Å². The first-order valence-corrected chi connectivity index (χ1v) is 4.69. The molecule has 0 aliphatic heterocycles. The van der Waals surface area contributed by atoms with Crippen molar-refractivity contribution in [2.24, 2.45) is 0 Å². The predicted octanol–water partition coefficient (Wildman–Crippen LogP) is 1.69. The van der Waals surface area contributed by atoms with Gasteiger partial charge in [0.25, 0.3) is 0 Å². The molecule has 0 unspecified atom stereocenters. The Labute approximate surface area is 87.5 Å². The maximum Gasteiger partial charge on any atom is 0.155 e. The lowest BCUT2D eigenvalue weighted by atomic mass is 10.3. The highest BCUT2D eigenvalue weighted by Gasteiger charge is 2.00. The van der Waals surface area contributed by atoms with Gasteiger partial charge in [-0.3, -0.25) is 4.98 Å². The van der Waals surface area contributed by atoms with Crippen molar-refractivity contribution < 1.29 is 4.52 Å². The zero-order valence-corrected chi connectivity index (χ0v) is 8.69. The molecule has 0 aliphatic rings. The summed E-state index contributed by atoms with van der Waals surface area (Å²) < 4.78 is 4.95. The fourth-order valence-corrected chi connectivity index (χ4v) is 1.14. The molecule has 0 aromatic carbocycles. The lowest BCUT2D eigenvalue weighted by Crippen LogP contribution is -2.03. The van der Waals surface area contributed by atoms with Crippen LogP contribution >= 0.6 is 0 Å². The molecule has 2 heterocycles. The van der Waals surface area contributed by atoms with Gasteiger partial charge in [-0.15, -0.1) is 0 Å². The van der Waals surface area contributed by atoms with Crippen molar-refractivity contribution in [2.75, 3.05) is 5.32 Å². The van der Waals surface area contributed by atoms with Gasteiger partial charge in [0.15, 0.2) is 5.76 Å². The third-order valence-electron chi connectivity index (χ3n) is 2.13. The minimum atomic E-state index is 0.567. The standard InChI is InChI=1S/C10H12N4O/c1-7-8(2)14-10(6-11-7)12-5-9-3-4-13-15-9/h3-4,6H,5H2,1-2H3,(H,12,14). The van der Waals surface area contributed by atoms with Gasteiger partial charge in [0.1, 0.15) is 5.82 Å². The summed E-state index contributed by atoms with van der Waals surface area (Å²) in [5.41, 5.74) is 1.87. The van der Waals surface area contributed by atoms with E-state index in [1.165, 1.54) is 0 Å². The molecule has 0 saturated carbocycles. The van der Waals surface area contributed by atoms with Gasteiger partial charge in [0.2, 0.25) is 0 Å². The molecule has 0 saturated heterocycles. The third-order valence-corrected chi connectivity index (χ3v) is 2.13. The van der Waals surface area contributed by atoms with Crippen LogP contribution in [0.4, 0.5) is 5.82 Å². The number of nitrogens with one attached hydrogen (secondary N) is 1. The Morgan fingerprint density at radius 3 is 2.87 bits per heavy atom. The van der Waals surface area contributed by atoms with Crippen LogP contribution in [0.15, 0.2) is 23.0 Å². The van der Waals surface area contributed by atoms with Gasteiger partial charge in [0, 0.05) is 6.07 Å². The molecule has 5 nitrogen and oxygen atoms in total. The van der Waals surface area contributed by atoms with Crippen molar-refractivity contribution >= 4 is 5.82 Å². The first kappa shape index (κ1) is 9.64. The van der Waals surface area contributed by atoms with Crippen molar-refractivity contribution in [3.8, 4) is 0 Å². The van der Waals surface area contributed by atoms with Crippen LogP contribution in [0, 0.1) is 13.8 Å². The van der Waals surface area contributed by atoms with Crippen LogP contribution in [-0.2, 0) is 6.54 Å². The van der Waals surface area contributed by atoms with E-state index in [9.17, 15) is 0 Å². The normalized spacial score (nSPS) is 10.3. The minimum Gasteiger partial charge on any atom is -0.361 e. The molecule has 15 heavy (non-hydrogen) atoms. The Morgan fingerprint density at radius 2 is 2.20 bits per heavy atom. The lowest BCUT2D eigenvalue weighted by Gasteiger charge is -2.04. The van der Waals surface area contributed by atoms with Crippen LogP contribution in [0.5, 0.6) is 0 Å². The van der Waals surface area contributed by atoms with Crippen molar-refractivity contribution in [1.82, 2.24) is 15.1 Å². The fraction of sp³-hybridized carbons (Fsp3) is 0.300. The largest absolute Gasteiger partial charge is 0.361 e. The van der Waals surface area contributed by atoms with Gasteiger partial charge in [-0.05, 0) is 13.8 Å². The van der Waals surface area contributed by atoms with E-state index in [-0.39, 0.29) is 0 Å². The number of hydrogen-bond donors (Lipinski definition) is 1. The molecular weight excluding hydrogens is 192 g/mol. The van der Waals surface area contributed by atoms with Gasteiger partial charge in [-0.2, -0.15) is 0 Å². The average Bonchev–Trinajstić information content (AvgIpc) is 2.73. The average molecular weight is 204 g/mol. The smallest absolute Gasteiger partial charge is 0.155 e. The highest BCUT2D eigenvalue weighted by molar-refractivity contribution is 5.33. The first-order chi connectivity index (χ1) is 7.25. The number of rotatable bonds is 3. The van der Waals surface area contributed by atoms with Crippen LogP contribution in [-0.4, -0.2) is 15.1 Å². The Morgan fingerprint density at radius 1 is 1.33 bits per heavy atom. The third kappa shape index (κ3) is 2.31. The molecule has 2 aromatic rings. The maximum absolute atomic E-state index is 4.95. The van der Waals surface area contributed by atoms with Gasteiger partial charge in [-0.25, -0.2) is 4.98 Å². The topological polar surface area (TPSA) is 63.8 Å². The summed E-state index contributed by atoms with van der Waals surface area (Å²) >= 11 is 0. The van der Waals surface area contributed by atoms with E-state index >= 15 is 0 Å². The molecule has 1 N–H and O–H groups in total. The molecule has 0 atom stereocenters. The second-order valence-corrected chi connectivity index (χ2v) is 3.26. The summed E-state index contributed by atoms with van der Waals surface area (Å²) in [6, 6.07) is 1.81. The van der Waals surface area contributed by atoms with E-state index < -0.39 is 0 Å². The molecule has 0 spiro atoms. The highest BCUT2D eigenvalue weighted by atomic mass is 16.5. The summed E-state index contributed by atoms with van der Waals surface area (Å²) in [5.74, 6) is 1.52. The Hall–Kier alpha value is -1.91. The molecule has 2 rings (SSSR count). The second kappa shape index (κ2) is 4.08. The SMILES string of the molecule is Cc1ncc(NCc2ccno2)nc1C. The quantitative estimate of drug-likeness (QED) is 0.824. The zero-order chi connectivity index (χ0) is 10.7. The molecule has 78 valence electrons. The summed E-state index contributed by atoms with van der Waals surface area (Å²) in [6.45, 7) is 4.43. The van der Waals surface area contributed by atoms with E-state index in [4.69, 9.17) is 4.52 Å². The first-order valence-electron chi connectivity index (χ1n) is 4.69. The van der Waals surface area contributed by atoms with E-state index in [0.717, 1.165) is 23.0 Å². The summed E-state index contributed by atoms with van der Waals surface area (Å²) in [5, 5.41) is 6.72. The molecular formula is C10H12N4O. The van der Waals surface area contributed by atoms with Crippen LogP contribution in [0.25, 0.3) is 0 Å². The van der Waals surface area contributed by atoms with E-state index in [1.54, 1.807) is 12.4 Å². The monoisotopic (exact) mass is 204 g/mol. The highest BCUT2D eigenvalue weighted by Crippen LogP contribution is 2.07. The zero-order valence-electron chi connectivity index (χ0n) is 8.69. The van der Waals surface area contributed by atoms with Crippen LogP contribution in [0.3, 0.4) is 0 Å². The number of aromatic nitrogens is 3. The Bertz CT molecular complexity index is 439. The minimum absolute atomic E-state index is 0.567. The maximum atomic E-state index is 4.95. The van der Waals surface area contributed by atoms with Gasteiger partial charge < -0.3 is 9.84 Å². The Kier molecular flexibility index (Phi) is 2.62. The predicted molar refractivity (Wildman–Crippen MR) is 55.3 cm³/mol. The summed E-state index contributed by atoms with van der Waals surface area (Å²) in [6.07, 6.45) is 3.32. The Balaban J connectivity index is 2.02. The summed E-state index contributed by atoms with van der Waals surface area (Å²) in [4.78, 5) is 8.54. The molecule has 5 heteroatoms. The molecule has 0 aliphatic carbocycles. The molecule has 0 fully saturated rings. The summed E-state index contributed by atoms with van der Waals surface area (Å²) in [7, 11) is 0. The fourth-order valence-electron chi connectivity index (χ4n) is 1.14. The van der Waals surface area contributed by atoms with Crippen molar-refractivity contribution in [2.45, 2.75) is 20.4 Å². The number of aryl methyl sites for hydroxylation is 2. The van der Waals surface area contributed by atoms with Crippen molar-refractivity contribution in [3.05, 3.63) is 35.6 Å². The number of anilines is 1. The number of nitrogens with zero attached hydrogens (tertiary/aromatic N) is 3. The molecule has 2 aromatic heterocycles. The van der Waals surface area contributed by atoms with E-state index in [0.29, 0.717) is 6.54 Å². The number of hydrogen-bond acceptors (Lipinski definition) is 5. The van der Waals surface area contributed by atoms with Gasteiger partial charge in [-0.1, -0.05) is 5.16 Å². The van der Waals surface area contributed by atoms with Crippen molar-refractivity contribution in [3.63, 3.8) is 0 Å².